The van der Waals surface area contributed by atoms with Gasteiger partial charge in [0.05, 0.1) is 11.9 Å². The molecule has 8 heteroatoms. The van der Waals surface area contributed by atoms with Crippen molar-refractivity contribution in [2.24, 2.45) is 5.92 Å². The summed E-state index contributed by atoms with van der Waals surface area (Å²) in [6.45, 7) is 3.31. The van der Waals surface area contributed by atoms with Gasteiger partial charge in [0.1, 0.15) is 5.82 Å². The number of aromatic nitrogens is 2. The molecular formula is C18H25Cl2FN4O. The third kappa shape index (κ3) is 6.27. The van der Waals surface area contributed by atoms with E-state index in [1.807, 2.05) is 10.8 Å². The molecule has 2 heterocycles. The Balaban J connectivity index is 0.00000169. The van der Waals surface area contributed by atoms with Gasteiger partial charge in [-0.1, -0.05) is 6.07 Å². The molecule has 26 heavy (non-hydrogen) atoms. The first-order valence-electron chi connectivity index (χ1n) is 8.45. The van der Waals surface area contributed by atoms with Crippen LogP contribution in [0.3, 0.4) is 0 Å². The van der Waals surface area contributed by atoms with Crippen LogP contribution in [0.5, 0.6) is 0 Å². The normalized spacial score (nSPS) is 15.8. The first-order valence-corrected chi connectivity index (χ1v) is 8.45. The smallest absolute Gasteiger partial charge is 0.254 e. The highest BCUT2D eigenvalue weighted by molar-refractivity contribution is 5.94. The van der Waals surface area contributed by atoms with Gasteiger partial charge in [0.15, 0.2) is 0 Å². The fourth-order valence-electron chi connectivity index (χ4n) is 3.07. The summed E-state index contributed by atoms with van der Waals surface area (Å²) in [7, 11) is 0. The fourth-order valence-corrected chi connectivity index (χ4v) is 3.07. The number of imidazole rings is 1. The lowest BCUT2D eigenvalue weighted by molar-refractivity contribution is 0.0948. The lowest BCUT2D eigenvalue weighted by Crippen LogP contribution is -2.26. The average molecular weight is 403 g/mol. The van der Waals surface area contributed by atoms with Crippen molar-refractivity contribution in [3.8, 4) is 0 Å². The molecule has 1 aliphatic rings. The summed E-state index contributed by atoms with van der Waals surface area (Å²) in [6, 6.07) is 4.88. The predicted octanol–water partition coefficient (Wildman–Crippen LogP) is 2.84. The number of carbonyl (C=O) groups is 1. The number of hydrogen-bond donors (Lipinski definition) is 2. The molecule has 1 saturated heterocycles. The molecule has 1 fully saturated rings. The molecule has 1 unspecified atom stereocenters. The van der Waals surface area contributed by atoms with Crippen molar-refractivity contribution in [1.29, 1.82) is 0 Å². The summed E-state index contributed by atoms with van der Waals surface area (Å²) >= 11 is 0. The Morgan fingerprint density at radius 1 is 1.38 bits per heavy atom. The Bertz CT molecular complexity index is 676. The maximum Gasteiger partial charge on any atom is 0.254 e. The molecule has 0 aliphatic carbocycles. The van der Waals surface area contributed by atoms with Crippen LogP contribution in [-0.4, -0.2) is 35.1 Å². The van der Waals surface area contributed by atoms with Gasteiger partial charge >= 0.3 is 0 Å². The van der Waals surface area contributed by atoms with Crippen LogP contribution in [0.15, 0.2) is 36.9 Å². The second-order valence-electron chi connectivity index (χ2n) is 6.29. The van der Waals surface area contributed by atoms with E-state index >= 15 is 0 Å². The molecule has 144 valence electrons. The fraction of sp³-hybridized carbons (Fsp3) is 0.444. The van der Waals surface area contributed by atoms with Crippen LogP contribution in [0, 0.1) is 11.7 Å². The Labute approximate surface area is 165 Å². The number of aryl methyl sites for hydroxylation is 1. The number of halogens is 3. The third-order valence-electron chi connectivity index (χ3n) is 4.40. The van der Waals surface area contributed by atoms with Crippen LogP contribution >= 0.6 is 24.8 Å². The second-order valence-corrected chi connectivity index (χ2v) is 6.29. The SMILES string of the molecule is Cl.Cl.O=C(NCCCn1ccnc1)c1cc(CC2CCNC2)ccc1F. The van der Waals surface area contributed by atoms with Crippen LogP contribution in [-0.2, 0) is 13.0 Å². The van der Waals surface area contributed by atoms with Crippen LogP contribution in [0.1, 0.15) is 28.8 Å². The van der Waals surface area contributed by atoms with E-state index in [9.17, 15) is 9.18 Å². The second kappa shape index (κ2) is 11.2. The Morgan fingerprint density at radius 2 is 2.23 bits per heavy atom. The molecule has 0 radical (unpaired) electrons. The Hall–Kier alpha value is -1.63. The van der Waals surface area contributed by atoms with E-state index in [-0.39, 0.29) is 36.3 Å². The van der Waals surface area contributed by atoms with Gasteiger partial charge < -0.3 is 15.2 Å². The van der Waals surface area contributed by atoms with Crippen LogP contribution in [0.25, 0.3) is 0 Å². The molecule has 1 aromatic heterocycles. The summed E-state index contributed by atoms with van der Waals surface area (Å²) in [5.41, 5.74) is 1.16. The molecular weight excluding hydrogens is 378 g/mol. The highest BCUT2D eigenvalue weighted by Gasteiger charge is 2.17. The molecule has 0 saturated carbocycles. The maximum atomic E-state index is 14.0. The van der Waals surface area contributed by atoms with Crippen molar-refractivity contribution in [1.82, 2.24) is 20.2 Å². The van der Waals surface area contributed by atoms with Crippen molar-refractivity contribution in [3.05, 3.63) is 53.9 Å². The van der Waals surface area contributed by atoms with E-state index in [0.717, 1.165) is 44.5 Å². The van der Waals surface area contributed by atoms with Crippen molar-refractivity contribution >= 4 is 30.7 Å². The molecule has 2 aromatic rings. The number of amides is 1. The van der Waals surface area contributed by atoms with Gasteiger partial charge in [-0.2, -0.15) is 0 Å². The van der Waals surface area contributed by atoms with Crippen molar-refractivity contribution in [2.75, 3.05) is 19.6 Å². The average Bonchev–Trinajstić information content (AvgIpc) is 3.27. The minimum Gasteiger partial charge on any atom is -0.352 e. The Kier molecular flexibility index (Phi) is 9.62. The van der Waals surface area contributed by atoms with E-state index in [0.29, 0.717) is 12.5 Å². The maximum absolute atomic E-state index is 14.0. The summed E-state index contributed by atoms with van der Waals surface area (Å²) < 4.78 is 15.9. The zero-order valence-electron chi connectivity index (χ0n) is 14.5. The molecule has 0 spiro atoms. The van der Waals surface area contributed by atoms with E-state index in [4.69, 9.17) is 0 Å². The minimum atomic E-state index is -0.463. The molecule has 1 aromatic carbocycles. The van der Waals surface area contributed by atoms with Gasteiger partial charge in [-0.3, -0.25) is 4.79 Å². The first-order chi connectivity index (χ1) is 11.7. The van der Waals surface area contributed by atoms with Gasteiger partial charge in [0.25, 0.3) is 5.91 Å². The van der Waals surface area contributed by atoms with Gasteiger partial charge in [0, 0.05) is 25.5 Å². The number of benzene rings is 1. The summed E-state index contributed by atoms with van der Waals surface area (Å²) in [5.74, 6) is -0.235. The van der Waals surface area contributed by atoms with E-state index in [1.54, 1.807) is 24.7 Å². The topological polar surface area (TPSA) is 59.0 Å². The summed E-state index contributed by atoms with van der Waals surface area (Å²) in [4.78, 5) is 16.2. The van der Waals surface area contributed by atoms with E-state index < -0.39 is 5.82 Å². The lowest BCUT2D eigenvalue weighted by atomic mass is 9.97. The molecule has 1 amide bonds. The van der Waals surface area contributed by atoms with Crippen molar-refractivity contribution in [3.63, 3.8) is 0 Å². The number of rotatable bonds is 7. The molecule has 0 bridgehead atoms. The molecule has 1 aliphatic heterocycles. The molecule has 2 N–H and O–H groups in total. The van der Waals surface area contributed by atoms with Gasteiger partial charge in [0.2, 0.25) is 0 Å². The molecule has 3 rings (SSSR count). The van der Waals surface area contributed by atoms with Crippen LogP contribution < -0.4 is 10.6 Å². The number of nitrogens with zero attached hydrogens (tertiary/aromatic N) is 2. The van der Waals surface area contributed by atoms with Crippen LogP contribution in [0.2, 0.25) is 0 Å². The third-order valence-corrected chi connectivity index (χ3v) is 4.40. The van der Waals surface area contributed by atoms with Crippen molar-refractivity contribution in [2.45, 2.75) is 25.8 Å². The number of nitrogens with one attached hydrogen (secondary N) is 2. The monoisotopic (exact) mass is 402 g/mol. The standard InChI is InChI=1S/C18H23FN4O.2ClH/c19-17-3-2-14(10-15-4-6-20-12-15)11-16(17)18(24)22-5-1-8-23-9-7-21-13-23;;/h2-3,7,9,11,13,15,20H,1,4-6,8,10,12H2,(H,22,24);2*1H. The number of hydrogen-bond acceptors (Lipinski definition) is 3. The largest absolute Gasteiger partial charge is 0.352 e. The van der Waals surface area contributed by atoms with Gasteiger partial charge in [-0.25, -0.2) is 9.37 Å². The quantitative estimate of drug-likeness (QED) is 0.699. The van der Waals surface area contributed by atoms with Gasteiger partial charge in [-0.05, 0) is 56.0 Å². The van der Waals surface area contributed by atoms with E-state index in [2.05, 4.69) is 15.6 Å². The van der Waals surface area contributed by atoms with Crippen molar-refractivity contribution < 1.29 is 9.18 Å². The van der Waals surface area contributed by atoms with Gasteiger partial charge in [-0.15, -0.1) is 24.8 Å². The molecule has 1 atom stereocenters. The highest BCUT2D eigenvalue weighted by Crippen LogP contribution is 2.18. The van der Waals surface area contributed by atoms with E-state index in [1.165, 1.54) is 6.07 Å². The predicted molar refractivity (Wildman–Crippen MR) is 105 cm³/mol. The highest BCUT2D eigenvalue weighted by atomic mass is 35.5. The zero-order chi connectivity index (χ0) is 16.8. The molecule has 5 nitrogen and oxygen atoms in total. The number of carbonyl (C=O) groups excluding carboxylic acids is 1. The summed E-state index contributed by atoms with van der Waals surface area (Å²) in [5, 5.41) is 6.13. The lowest BCUT2D eigenvalue weighted by Gasteiger charge is -2.11. The minimum absolute atomic E-state index is 0. The first kappa shape index (κ1) is 22.4. The Morgan fingerprint density at radius 3 is 2.92 bits per heavy atom. The summed E-state index contributed by atoms with van der Waals surface area (Å²) in [6.07, 6.45) is 8.13. The van der Waals surface area contributed by atoms with Crippen LogP contribution in [0.4, 0.5) is 4.39 Å². The zero-order valence-corrected chi connectivity index (χ0v) is 16.1.